The van der Waals surface area contributed by atoms with Crippen molar-refractivity contribution in [2.24, 2.45) is 0 Å². The molecule has 6 nitrogen and oxygen atoms in total. The van der Waals surface area contributed by atoms with Crippen LogP contribution in [0.15, 0.2) is 18.2 Å². The fourth-order valence-corrected chi connectivity index (χ4v) is 1.48. The fraction of sp³-hybridized carbons (Fsp3) is 0.222. The summed E-state index contributed by atoms with van der Waals surface area (Å²) in [6.45, 7) is 0.0851. The number of ether oxygens (including phenoxy) is 2. The summed E-state index contributed by atoms with van der Waals surface area (Å²) in [5, 5.41) is 0. The van der Waals surface area contributed by atoms with Crippen LogP contribution in [0, 0.1) is 0 Å². The van der Waals surface area contributed by atoms with Gasteiger partial charge < -0.3 is 13.7 Å². The molecule has 0 aliphatic rings. The van der Waals surface area contributed by atoms with E-state index in [0.717, 1.165) is 25.3 Å². The van der Waals surface area contributed by atoms with Crippen LogP contribution in [0.25, 0.3) is 0 Å². The van der Waals surface area contributed by atoms with Gasteiger partial charge >= 0.3 is 15.6 Å². The van der Waals surface area contributed by atoms with Gasteiger partial charge in [-0.1, -0.05) is 0 Å². The molecule has 10 heteroatoms. The Kier molecular flexibility index (Phi) is 4.24. The maximum absolute atomic E-state index is 12.1. The van der Waals surface area contributed by atoms with Crippen molar-refractivity contribution in [2.75, 3.05) is 7.11 Å². The molecule has 0 heterocycles. The molecule has 0 atom stereocenters. The topological polar surface area (TPSA) is 78.9 Å². The number of alkyl halides is 3. The minimum absolute atomic E-state index is 0.0522. The first kappa shape index (κ1) is 15.1. The van der Waals surface area contributed by atoms with Crippen LogP contribution in [0.2, 0.25) is 0 Å². The van der Waals surface area contributed by atoms with Crippen molar-refractivity contribution in [1.82, 2.24) is 0 Å². The van der Waals surface area contributed by atoms with Crippen LogP contribution in [0.3, 0.4) is 0 Å². The Morgan fingerprint density at radius 2 is 1.84 bits per heavy atom. The summed E-state index contributed by atoms with van der Waals surface area (Å²) in [6.07, 6.45) is 0. The molecule has 0 unspecified atom stereocenters. The first-order valence-corrected chi connectivity index (χ1v) is 5.91. The van der Waals surface area contributed by atoms with Crippen LogP contribution in [0.1, 0.15) is 0 Å². The van der Waals surface area contributed by atoms with Gasteiger partial charge in [0, 0.05) is 6.07 Å². The van der Waals surface area contributed by atoms with Gasteiger partial charge in [0.15, 0.2) is 11.5 Å². The summed E-state index contributed by atoms with van der Waals surface area (Å²) >= 11 is 0. The van der Waals surface area contributed by atoms with Gasteiger partial charge in [0.25, 0.3) is 6.47 Å². The average Bonchev–Trinajstić information content (AvgIpc) is 2.29. The lowest BCUT2D eigenvalue weighted by molar-refractivity contribution is -0.120. The fourth-order valence-electron chi connectivity index (χ4n) is 1.01. The third-order valence-electron chi connectivity index (χ3n) is 1.80. The summed E-state index contributed by atoms with van der Waals surface area (Å²) in [7, 11) is -4.72. The first-order valence-electron chi connectivity index (χ1n) is 4.50. The molecule has 1 aromatic carbocycles. The molecular weight excluding hydrogens is 293 g/mol. The standard InChI is InChI=1S/C9H7F3O6S/c1-16-8-4-6(17-5-13)2-3-7(8)18-19(14,15)9(10,11)12/h2-5H,1H3. The predicted octanol–water partition coefficient (Wildman–Crippen LogP) is 1.46. The Morgan fingerprint density at radius 1 is 1.21 bits per heavy atom. The molecule has 106 valence electrons. The normalized spacial score (nSPS) is 11.8. The van der Waals surface area contributed by atoms with E-state index < -0.39 is 21.4 Å². The Morgan fingerprint density at radius 3 is 2.32 bits per heavy atom. The molecule has 1 rings (SSSR count). The minimum Gasteiger partial charge on any atom is -0.493 e. The molecule has 0 aliphatic heterocycles. The zero-order valence-electron chi connectivity index (χ0n) is 9.30. The van der Waals surface area contributed by atoms with Crippen LogP contribution in [0.5, 0.6) is 17.2 Å². The Bertz CT molecular complexity index is 566. The SMILES string of the molecule is COc1cc(OC=O)ccc1OS(=O)(=O)C(F)(F)F. The number of hydrogen-bond donors (Lipinski definition) is 0. The number of carbonyl (C=O) groups is 1. The molecule has 0 fully saturated rings. The second-order valence-corrected chi connectivity index (χ2v) is 4.55. The summed E-state index contributed by atoms with van der Waals surface area (Å²) in [6, 6.07) is 2.90. The van der Waals surface area contributed by atoms with Crippen LogP contribution in [0.4, 0.5) is 13.2 Å². The van der Waals surface area contributed by atoms with E-state index in [2.05, 4.69) is 13.7 Å². The van der Waals surface area contributed by atoms with Crippen LogP contribution < -0.4 is 13.7 Å². The molecule has 0 bridgehead atoms. The molecular formula is C9H7F3O6S. The quantitative estimate of drug-likeness (QED) is 0.465. The smallest absolute Gasteiger partial charge is 0.493 e. The third-order valence-corrected chi connectivity index (χ3v) is 2.77. The van der Waals surface area contributed by atoms with Gasteiger partial charge in [-0.15, -0.1) is 0 Å². The van der Waals surface area contributed by atoms with E-state index in [9.17, 15) is 26.4 Å². The lowest BCUT2D eigenvalue weighted by Crippen LogP contribution is -2.28. The predicted molar refractivity (Wildman–Crippen MR) is 55.3 cm³/mol. The van der Waals surface area contributed by atoms with Crippen LogP contribution >= 0.6 is 0 Å². The zero-order valence-corrected chi connectivity index (χ0v) is 10.1. The van der Waals surface area contributed by atoms with E-state index in [-0.39, 0.29) is 18.0 Å². The molecule has 0 N–H and O–H groups in total. The summed E-state index contributed by atoms with van der Waals surface area (Å²) in [4.78, 5) is 10.1. The molecule has 0 amide bonds. The van der Waals surface area contributed by atoms with Crippen molar-refractivity contribution in [2.45, 2.75) is 5.51 Å². The molecule has 0 saturated carbocycles. The Balaban J connectivity index is 3.12. The maximum Gasteiger partial charge on any atom is 0.534 e. The zero-order chi connectivity index (χ0) is 14.7. The van der Waals surface area contributed by atoms with E-state index in [0.29, 0.717) is 0 Å². The van der Waals surface area contributed by atoms with Gasteiger partial charge in [0.2, 0.25) is 0 Å². The largest absolute Gasteiger partial charge is 0.534 e. The molecule has 0 radical (unpaired) electrons. The van der Waals surface area contributed by atoms with E-state index in [1.807, 2.05) is 0 Å². The summed E-state index contributed by atoms with van der Waals surface area (Å²) in [5.41, 5.74) is -5.56. The second-order valence-electron chi connectivity index (χ2n) is 3.01. The Hall–Kier alpha value is -1.97. The van der Waals surface area contributed by atoms with Crippen molar-refractivity contribution < 1.29 is 40.0 Å². The first-order chi connectivity index (χ1) is 8.71. The van der Waals surface area contributed by atoms with Gasteiger partial charge in [-0.25, -0.2) is 0 Å². The van der Waals surface area contributed by atoms with Crippen molar-refractivity contribution in [3.63, 3.8) is 0 Å². The van der Waals surface area contributed by atoms with Crippen LogP contribution in [-0.4, -0.2) is 27.5 Å². The second kappa shape index (κ2) is 5.34. The maximum atomic E-state index is 12.1. The lowest BCUT2D eigenvalue weighted by atomic mass is 10.3. The lowest BCUT2D eigenvalue weighted by Gasteiger charge is -2.12. The third kappa shape index (κ3) is 3.50. The number of carbonyl (C=O) groups excluding carboxylic acids is 1. The highest BCUT2D eigenvalue weighted by Crippen LogP contribution is 2.35. The average molecular weight is 300 g/mol. The van der Waals surface area contributed by atoms with E-state index in [1.54, 1.807) is 0 Å². The van der Waals surface area contributed by atoms with E-state index in [1.165, 1.54) is 0 Å². The van der Waals surface area contributed by atoms with Gasteiger partial charge in [-0.05, 0) is 12.1 Å². The van der Waals surface area contributed by atoms with Gasteiger partial charge in [-0.3, -0.25) is 4.79 Å². The van der Waals surface area contributed by atoms with E-state index in [4.69, 9.17) is 0 Å². The molecule has 0 spiro atoms. The van der Waals surface area contributed by atoms with Gasteiger partial charge in [0.05, 0.1) is 7.11 Å². The van der Waals surface area contributed by atoms with Crippen LogP contribution in [-0.2, 0) is 14.9 Å². The molecule has 0 aliphatic carbocycles. The molecule has 0 aromatic heterocycles. The molecule has 19 heavy (non-hydrogen) atoms. The minimum atomic E-state index is -5.80. The van der Waals surface area contributed by atoms with Gasteiger partial charge in [0.1, 0.15) is 5.75 Å². The molecule has 1 aromatic rings. The molecule has 0 saturated heterocycles. The summed E-state index contributed by atoms with van der Waals surface area (Å²) < 4.78 is 71.0. The number of methoxy groups -OCH3 is 1. The van der Waals surface area contributed by atoms with E-state index >= 15 is 0 Å². The number of rotatable bonds is 5. The monoisotopic (exact) mass is 300 g/mol. The van der Waals surface area contributed by atoms with Crippen molar-refractivity contribution in [3.05, 3.63) is 18.2 Å². The van der Waals surface area contributed by atoms with Crippen molar-refractivity contribution in [1.29, 1.82) is 0 Å². The highest BCUT2D eigenvalue weighted by molar-refractivity contribution is 7.88. The number of halogens is 3. The number of hydrogen-bond acceptors (Lipinski definition) is 6. The highest BCUT2D eigenvalue weighted by atomic mass is 32.2. The van der Waals surface area contributed by atoms with Crippen molar-refractivity contribution >= 4 is 16.6 Å². The highest BCUT2D eigenvalue weighted by Gasteiger charge is 2.48. The van der Waals surface area contributed by atoms with Gasteiger partial charge in [-0.2, -0.15) is 21.6 Å². The van der Waals surface area contributed by atoms with Crippen molar-refractivity contribution in [3.8, 4) is 17.2 Å². The summed E-state index contributed by atoms with van der Waals surface area (Å²) in [5.74, 6) is -1.08. The Labute approximate surface area is 105 Å². The number of benzene rings is 1.